The molecule has 4 amide bonds. The van der Waals surface area contributed by atoms with Crippen molar-refractivity contribution in [2.24, 2.45) is 0 Å². The Morgan fingerprint density at radius 3 is 1.23 bits per heavy atom. The average Bonchev–Trinajstić information content (AvgIpc) is 3.39. The number of nitrogens with one attached hydrogen (secondary N) is 2. The van der Waals surface area contributed by atoms with E-state index >= 15 is 0 Å². The fraction of sp³-hybridized carbons (Fsp3) is 0.207. The van der Waals surface area contributed by atoms with E-state index < -0.39 is 23.9 Å². The van der Waals surface area contributed by atoms with E-state index in [-0.39, 0.29) is 74.2 Å². The van der Waals surface area contributed by atoms with Crippen LogP contribution in [0.2, 0.25) is 0 Å². The molecule has 0 spiro atoms. The summed E-state index contributed by atoms with van der Waals surface area (Å²) in [5.41, 5.74) is 10.1. The molecule has 2 fully saturated rings. The van der Waals surface area contributed by atoms with Gasteiger partial charge in [-0.05, 0) is 107 Å². The Balaban J connectivity index is 0.000000162. The number of carbonyl (C=O) groups excluding carboxylic acids is 4. The van der Waals surface area contributed by atoms with Crippen molar-refractivity contribution in [1.29, 1.82) is 0 Å². The zero-order valence-corrected chi connectivity index (χ0v) is 40.2. The number of pyridine rings is 2. The molecule has 15 nitrogen and oxygen atoms in total. The Morgan fingerprint density at radius 2 is 0.849 bits per heavy atom. The molecule has 15 heteroatoms. The van der Waals surface area contributed by atoms with Gasteiger partial charge in [-0.1, -0.05) is 97.1 Å². The van der Waals surface area contributed by atoms with Gasteiger partial charge in [0, 0.05) is 47.9 Å². The number of aliphatic hydroxyl groups is 3. The van der Waals surface area contributed by atoms with Crippen molar-refractivity contribution in [2.75, 3.05) is 0 Å². The smallest absolute Gasteiger partial charge is 0.252 e. The molecule has 0 saturated carbocycles. The first-order valence-corrected chi connectivity index (χ1v) is 23.7. The number of hydrogen-bond acceptors (Lipinski definition) is 11. The lowest BCUT2D eigenvalue weighted by atomic mass is 10.0. The van der Waals surface area contributed by atoms with Crippen LogP contribution >= 0.6 is 0 Å². The molecule has 2 aliphatic heterocycles. The Labute approximate surface area is 419 Å². The highest BCUT2D eigenvalue weighted by molar-refractivity contribution is 6.01. The minimum atomic E-state index is -0.743. The van der Waals surface area contributed by atoms with E-state index in [0.29, 0.717) is 23.4 Å². The van der Waals surface area contributed by atoms with Crippen molar-refractivity contribution in [2.45, 2.75) is 78.0 Å². The van der Waals surface area contributed by atoms with Gasteiger partial charge in [0.05, 0.1) is 30.9 Å². The van der Waals surface area contributed by atoms with Crippen molar-refractivity contribution in [3.63, 3.8) is 0 Å². The molecule has 2 unspecified atom stereocenters. The third kappa shape index (κ3) is 11.8. The van der Waals surface area contributed by atoms with Gasteiger partial charge in [-0.25, -0.2) is 0 Å². The molecule has 2 atom stereocenters. The number of phenolic OH excluding ortho intramolecular Hbond substituents is 1. The summed E-state index contributed by atoms with van der Waals surface area (Å²) in [6.07, 6.45) is 0.939. The summed E-state index contributed by atoms with van der Waals surface area (Å²) in [4.78, 5) is 72.6. The van der Waals surface area contributed by atoms with Crippen LogP contribution in [0, 0.1) is 13.8 Å². The van der Waals surface area contributed by atoms with Gasteiger partial charge in [-0.3, -0.25) is 48.5 Å². The monoisotopic (exact) mass is 982 g/mol. The van der Waals surface area contributed by atoms with E-state index in [1.54, 1.807) is 19.1 Å². The molecule has 10 rings (SSSR count). The summed E-state index contributed by atoms with van der Waals surface area (Å²) in [6, 6.07) is 43.2. The molecule has 0 bridgehead atoms. The molecular weight excluding hydrogens is 929 g/mol. The number of amides is 4. The van der Waals surface area contributed by atoms with Crippen molar-refractivity contribution in [3.05, 3.63) is 200 Å². The molecule has 0 aliphatic carbocycles. The lowest BCUT2D eigenvalue weighted by Gasteiger charge is -2.25. The summed E-state index contributed by atoms with van der Waals surface area (Å²) < 4.78 is 8.86. The Kier molecular flexibility index (Phi) is 15.8. The molecule has 8 aromatic rings. The van der Waals surface area contributed by atoms with Gasteiger partial charge in [0.1, 0.15) is 30.2 Å². The molecule has 0 radical (unpaired) electrons. The lowest BCUT2D eigenvalue weighted by Crippen LogP contribution is -2.44. The van der Waals surface area contributed by atoms with Crippen molar-refractivity contribution >= 4 is 45.4 Å². The van der Waals surface area contributed by atoms with Crippen LogP contribution in [0.3, 0.4) is 0 Å². The van der Waals surface area contributed by atoms with Gasteiger partial charge < -0.3 is 25.2 Å². The van der Waals surface area contributed by atoms with E-state index in [1.807, 2.05) is 116 Å². The number of carbonyl (C=O) groups is 4. The minimum absolute atomic E-state index is 0.0218. The fourth-order valence-corrected chi connectivity index (χ4v) is 8.96. The molecule has 6 aromatic carbocycles. The maximum absolute atomic E-state index is 12.9. The van der Waals surface area contributed by atoms with Gasteiger partial charge in [-0.15, -0.1) is 0 Å². The Bertz CT molecular complexity index is 3410. The van der Waals surface area contributed by atoms with Crippen LogP contribution in [0.1, 0.15) is 71.1 Å². The zero-order valence-electron chi connectivity index (χ0n) is 40.2. The predicted octanol–water partition coefficient (Wildman–Crippen LogP) is 7.36. The summed E-state index contributed by atoms with van der Waals surface area (Å²) in [7, 11) is 0. The molecule has 73 heavy (non-hydrogen) atoms. The number of benzene rings is 6. The molecule has 2 aromatic heterocycles. The molecule has 372 valence electrons. The van der Waals surface area contributed by atoms with Crippen LogP contribution in [0.5, 0.6) is 11.5 Å². The number of aromatic hydroxyl groups is 1. The molecular formula is C58H54N4O11. The van der Waals surface area contributed by atoms with E-state index in [4.69, 9.17) is 14.9 Å². The lowest BCUT2D eigenvalue weighted by molar-refractivity contribution is -0.137. The topological polar surface area (TPSA) is 226 Å². The number of rotatable bonds is 10. The van der Waals surface area contributed by atoms with E-state index in [1.165, 1.54) is 33.4 Å². The van der Waals surface area contributed by atoms with Crippen molar-refractivity contribution in [3.8, 4) is 33.8 Å². The zero-order chi connectivity index (χ0) is 51.8. The number of aromatic nitrogens is 2. The van der Waals surface area contributed by atoms with Crippen LogP contribution < -0.4 is 26.5 Å². The predicted molar refractivity (Wildman–Crippen MR) is 276 cm³/mol. The molecule has 2 aliphatic rings. The Hall–Kier alpha value is -8.50. The van der Waals surface area contributed by atoms with Gasteiger partial charge >= 0.3 is 0 Å². The third-order valence-electron chi connectivity index (χ3n) is 13.0. The number of fused-ring (bicyclic) bond motifs is 2. The van der Waals surface area contributed by atoms with Gasteiger partial charge in [0.25, 0.3) is 11.1 Å². The highest BCUT2D eigenvalue weighted by Gasteiger charge is 2.31. The largest absolute Gasteiger partial charge is 0.508 e. The van der Waals surface area contributed by atoms with Crippen molar-refractivity contribution in [1.82, 2.24) is 19.8 Å². The minimum Gasteiger partial charge on any atom is -0.508 e. The Morgan fingerprint density at radius 1 is 0.479 bits per heavy atom. The second-order valence-electron chi connectivity index (χ2n) is 17.9. The second-order valence-corrected chi connectivity index (χ2v) is 17.9. The normalized spacial score (nSPS) is 15.4. The van der Waals surface area contributed by atoms with Crippen LogP contribution in [0.15, 0.2) is 155 Å². The number of aryl methyl sites for hydroxylation is 2. The van der Waals surface area contributed by atoms with Gasteiger partial charge in [-0.2, -0.15) is 0 Å². The highest BCUT2D eigenvalue weighted by atomic mass is 16.5. The number of aliphatic hydroxyl groups excluding tert-OH is 3. The number of ether oxygens (including phenoxy) is 1. The molecule has 4 heterocycles. The van der Waals surface area contributed by atoms with Crippen molar-refractivity contribution < 1.29 is 44.3 Å². The number of hydrogen-bond donors (Lipinski definition) is 6. The average molecular weight is 983 g/mol. The highest BCUT2D eigenvalue weighted by Crippen LogP contribution is 2.30. The second kappa shape index (κ2) is 22.7. The number of imide groups is 2. The van der Waals surface area contributed by atoms with E-state index in [9.17, 15) is 39.0 Å². The van der Waals surface area contributed by atoms with Gasteiger partial charge in [0.15, 0.2) is 0 Å². The van der Waals surface area contributed by atoms with E-state index in [2.05, 4.69) is 10.6 Å². The third-order valence-corrected chi connectivity index (χ3v) is 13.0. The first-order chi connectivity index (χ1) is 35.2. The maximum Gasteiger partial charge on any atom is 0.252 e. The standard InChI is InChI=1S/C29H26N2O5.C15H14N2O4.C14H14O2/c1-18-14-28(34)31(25-12-13-27(33)30-29(25)35)26-15-23(10-11-24(18)26)36-17-20-4-8-22(9-5-20)21-6-2-19(16-32)3-7-21;1-8-6-14(20)17(11-4-5-13(19)16-15(11)21)12-7-9(18)2-3-10(8)12;15-9-11-1-5-13(6-2-11)14-7-3-12(10-16)4-8-14/h2-11,14-15,25,32H,12-13,16-17H2,1H3,(H,30,33,35);2-3,6-7,11,18H,4-5H2,1H3,(H,16,19,21);1-8,15-16H,9-10H2. The van der Waals surface area contributed by atoms with Gasteiger partial charge in [0.2, 0.25) is 23.6 Å². The summed E-state index contributed by atoms with van der Waals surface area (Å²) in [6.45, 7) is 4.17. The SMILES string of the molecule is Cc1cc(=O)n(C2CCC(=O)NC2=O)c2cc(O)ccc12.Cc1cc(=O)n(C2CCC(=O)NC2=O)c2cc(OCc3ccc(-c4ccc(CO)cc4)cc3)ccc12.OCc1ccc(-c2ccc(CO)cc2)cc1. The maximum atomic E-state index is 12.9. The molecule has 2 saturated heterocycles. The number of piperidine rings is 2. The summed E-state index contributed by atoms with van der Waals surface area (Å²) >= 11 is 0. The quantitative estimate of drug-likeness (QED) is 0.0743. The van der Waals surface area contributed by atoms with Crippen LogP contribution in [0.25, 0.3) is 44.1 Å². The van der Waals surface area contributed by atoms with Crippen LogP contribution in [-0.4, -0.2) is 53.2 Å². The van der Waals surface area contributed by atoms with E-state index in [0.717, 1.165) is 66.4 Å². The van der Waals surface area contributed by atoms with Crippen LogP contribution in [0.4, 0.5) is 0 Å². The first kappa shape index (κ1) is 50.9. The number of nitrogens with zero attached hydrogens (tertiary/aromatic N) is 2. The summed E-state index contributed by atoms with van der Waals surface area (Å²) in [5, 5.41) is 43.0. The first-order valence-electron chi connectivity index (χ1n) is 23.7. The molecule has 6 N–H and O–H groups in total. The number of phenols is 1. The van der Waals surface area contributed by atoms with Crippen LogP contribution in [-0.2, 0) is 45.6 Å². The summed E-state index contributed by atoms with van der Waals surface area (Å²) in [5.74, 6) is -0.995. The fourth-order valence-electron chi connectivity index (χ4n) is 8.96.